The summed E-state index contributed by atoms with van der Waals surface area (Å²) < 4.78 is 0. The van der Waals surface area contributed by atoms with Gasteiger partial charge in [-0.2, -0.15) is 0 Å². The van der Waals surface area contributed by atoms with Gasteiger partial charge in [0.2, 0.25) is 0 Å². The normalized spacial score (nSPS) is 29.7. The molecule has 0 bridgehead atoms. The number of benzene rings is 1. The Balaban J connectivity index is 1.45. The SMILES string of the molecule is CCCCc1ccc(C#CC2CCC([C@H]3CC[C@H](C)CC3)CC2)cc1. The third kappa shape index (κ3) is 5.64. The molecule has 0 N–H and O–H groups in total. The van der Waals surface area contributed by atoms with Crippen molar-refractivity contribution in [3.8, 4) is 11.8 Å². The minimum Gasteiger partial charge on any atom is -0.0945 e. The fourth-order valence-corrected chi connectivity index (χ4v) is 4.81. The highest BCUT2D eigenvalue weighted by Crippen LogP contribution is 2.41. The number of hydrogen-bond donors (Lipinski definition) is 0. The fraction of sp³-hybridized carbons (Fsp3) is 0.680. The largest absolute Gasteiger partial charge is 0.0945 e. The van der Waals surface area contributed by atoms with E-state index in [0.717, 1.165) is 17.8 Å². The van der Waals surface area contributed by atoms with E-state index in [4.69, 9.17) is 0 Å². The lowest BCUT2D eigenvalue weighted by molar-refractivity contribution is 0.162. The Morgan fingerprint density at radius 1 is 0.840 bits per heavy atom. The average Bonchev–Trinajstić information content (AvgIpc) is 2.67. The van der Waals surface area contributed by atoms with E-state index in [-0.39, 0.29) is 0 Å². The molecule has 0 heteroatoms. The van der Waals surface area contributed by atoms with Crippen LogP contribution in [0.5, 0.6) is 0 Å². The zero-order valence-corrected chi connectivity index (χ0v) is 16.4. The van der Waals surface area contributed by atoms with Crippen molar-refractivity contribution in [3.63, 3.8) is 0 Å². The summed E-state index contributed by atoms with van der Waals surface area (Å²) in [5.74, 6) is 10.7. The number of hydrogen-bond acceptors (Lipinski definition) is 0. The van der Waals surface area contributed by atoms with Crippen LogP contribution >= 0.6 is 0 Å². The van der Waals surface area contributed by atoms with E-state index in [1.165, 1.54) is 81.8 Å². The zero-order valence-electron chi connectivity index (χ0n) is 16.4. The molecule has 2 saturated carbocycles. The van der Waals surface area contributed by atoms with Crippen LogP contribution < -0.4 is 0 Å². The van der Waals surface area contributed by atoms with Crippen LogP contribution in [-0.4, -0.2) is 0 Å². The smallest absolute Gasteiger partial charge is 0.0245 e. The molecule has 0 amide bonds. The van der Waals surface area contributed by atoms with Crippen molar-refractivity contribution in [2.24, 2.45) is 23.7 Å². The van der Waals surface area contributed by atoms with E-state index in [2.05, 4.69) is 50.0 Å². The van der Waals surface area contributed by atoms with Gasteiger partial charge in [0.1, 0.15) is 0 Å². The van der Waals surface area contributed by atoms with Gasteiger partial charge in [-0.3, -0.25) is 0 Å². The second kappa shape index (κ2) is 9.47. The highest BCUT2D eigenvalue weighted by Gasteiger charge is 2.29. The molecule has 0 heterocycles. The summed E-state index contributed by atoms with van der Waals surface area (Å²) >= 11 is 0. The molecule has 1 aromatic carbocycles. The summed E-state index contributed by atoms with van der Waals surface area (Å²) in [5, 5.41) is 0. The summed E-state index contributed by atoms with van der Waals surface area (Å²) in [6.45, 7) is 4.68. The van der Waals surface area contributed by atoms with Gasteiger partial charge in [-0.15, -0.1) is 0 Å². The van der Waals surface area contributed by atoms with Gasteiger partial charge in [0.15, 0.2) is 0 Å². The van der Waals surface area contributed by atoms with E-state index in [1.54, 1.807) is 0 Å². The lowest BCUT2D eigenvalue weighted by Crippen LogP contribution is -2.24. The summed E-state index contributed by atoms with van der Waals surface area (Å²) in [7, 11) is 0. The molecule has 2 aliphatic carbocycles. The van der Waals surface area contributed by atoms with Crippen LogP contribution in [0.25, 0.3) is 0 Å². The molecule has 0 atom stereocenters. The van der Waals surface area contributed by atoms with Crippen molar-refractivity contribution in [1.29, 1.82) is 0 Å². The van der Waals surface area contributed by atoms with E-state index in [0.29, 0.717) is 5.92 Å². The Bertz CT molecular complexity index is 554. The topological polar surface area (TPSA) is 0 Å². The summed E-state index contributed by atoms with van der Waals surface area (Å²) in [6.07, 6.45) is 15.2. The first-order chi connectivity index (χ1) is 12.2. The van der Waals surface area contributed by atoms with Crippen molar-refractivity contribution in [1.82, 2.24) is 0 Å². The van der Waals surface area contributed by atoms with Gasteiger partial charge in [0.05, 0.1) is 0 Å². The lowest BCUT2D eigenvalue weighted by atomic mass is 9.69. The van der Waals surface area contributed by atoms with Crippen molar-refractivity contribution >= 4 is 0 Å². The first kappa shape index (κ1) is 18.6. The van der Waals surface area contributed by atoms with Crippen molar-refractivity contribution in [2.45, 2.75) is 84.5 Å². The molecule has 2 aliphatic rings. The third-order valence-electron chi connectivity index (χ3n) is 6.69. The Labute approximate surface area is 155 Å². The molecule has 136 valence electrons. The molecule has 0 unspecified atom stereocenters. The Morgan fingerprint density at radius 2 is 1.44 bits per heavy atom. The van der Waals surface area contributed by atoms with Gasteiger partial charge >= 0.3 is 0 Å². The predicted octanol–water partition coefficient (Wildman–Crippen LogP) is 7.01. The van der Waals surface area contributed by atoms with Gasteiger partial charge in [-0.1, -0.05) is 57.1 Å². The maximum absolute atomic E-state index is 3.58. The second-order valence-corrected chi connectivity index (χ2v) is 8.70. The highest BCUT2D eigenvalue weighted by molar-refractivity contribution is 5.36. The third-order valence-corrected chi connectivity index (χ3v) is 6.69. The first-order valence-corrected chi connectivity index (χ1v) is 10.8. The molecular formula is C25H36. The van der Waals surface area contributed by atoms with Crippen LogP contribution in [-0.2, 0) is 6.42 Å². The van der Waals surface area contributed by atoms with Crippen molar-refractivity contribution in [3.05, 3.63) is 35.4 Å². The van der Waals surface area contributed by atoms with E-state index >= 15 is 0 Å². The quantitative estimate of drug-likeness (QED) is 0.518. The Hall–Kier alpha value is -1.22. The van der Waals surface area contributed by atoms with Gasteiger partial charge in [0, 0.05) is 11.5 Å². The van der Waals surface area contributed by atoms with Crippen LogP contribution in [0.2, 0.25) is 0 Å². The minimum absolute atomic E-state index is 0.638. The van der Waals surface area contributed by atoms with Crippen LogP contribution in [0.15, 0.2) is 24.3 Å². The van der Waals surface area contributed by atoms with Crippen LogP contribution in [0.4, 0.5) is 0 Å². The summed E-state index contributed by atoms with van der Waals surface area (Å²) in [6, 6.07) is 8.96. The van der Waals surface area contributed by atoms with Gasteiger partial charge in [-0.25, -0.2) is 0 Å². The predicted molar refractivity (Wildman–Crippen MR) is 109 cm³/mol. The van der Waals surface area contributed by atoms with Crippen LogP contribution in [0.1, 0.15) is 89.2 Å². The van der Waals surface area contributed by atoms with Gasteiger partial charge in [-0.05, 0) is 86.8 Å². The van der Waals surface area contributed by atoms with E-state index in [9.17, 15) is 0 Å². The molecule has 0 radical (unpaired) electrons. The van der Waals surface area contributed by atoms with Crippen molar-refractivity contribution in [2.75, 3.05) is 0 Å². The monoisotopic (exact) mass is 336 g/mol. The first-order valence-electron chi connectivity index (χ1n) is 10.8. The molecular weight excluding hydrogens is 300 g/mol. The molecule has 0 spiro atoms. The van der Waals surface area contributed by atoms with E-state index < -0.39 is 0 Å². The van der Waals surface area contributed by atoms with Crippen LogP contribution in [0, 0.1) is 35.5 Å². The molecule has 0 aliphatic heterocycles. The lowest BCUT2D eigenvalue weighted by Gasteiger charge is -2.36. The molecule has 0 aromatic heterocycles. The van der Waals surface area contributed by atoms with Gasteiger partial charge < -0.3 is 0 Å². The molecule has 0 saturated heterocycles. The number of rotatable bonds is 4. The standard InChI is InChI=1S/C25H36/c1-3-4-5-21-8-10-22(11-9-21)12-13-23-14-18-25(19-15-23)24-16-6-20(2)7-17-24/h8-11,20,23-25H,3-7,14-19H2,1-2H3/t20-,23?,24-,25?. The Kier molecular flexibility index (Phi) is 7.03. The zero-order chi connectivity index (χ0) is 17.5. The highest BCUT2D eigenvalue weighted by atomic mass is 14.3. The Morgan fingerprint density at radius 3 is 2.04 bits per heavy atom. The van der Waals surface area contributed by atoms with Crippen LogP contribution in [0.3, 0.4) is 0 Å². The fourth-order valence-electron chi connectivity index (χ4n) is 4.81. The molecule has 0 nitrogen and oxygen atoms in total. The average molecular weight is 337 g/mol. The molecule has 2 fully saturated rings. The second-order valence-electron chi connectivity index (χ2n) is 8.70. The van der Waals surface area contributed by atoms with E-state index in [1.807, 2.05) is 0 Å². The van der Waals surface area contributed by atoms with Crippen molar-refractivity contribution < 1.29 is 0 Å². The summed E-state index contributed by atoms with van der Waals surface area (Å²) in [5.41, 5.74) is 2.65. The summed E-state index contributed by atoms with van der Waals surface area (Å²) in [4.78, 5) is 0. The molecule has 1 aromatic rings. The molecule has 25 heavy (non-hydrogen) atoms. The number of unbranched alkanes of at least 4 members (excludes halogenated alkanes) is 1. The maximum atomic E-state index is 3.58. The number of aryl methyl sites for hydroxylation is 1. The maximum Gasteiger partial charge on any atom is 0.0245 e. The molecule has 3 rings (SSSR count). The minimum atomic E-state index is 0.638. The van der Waals surface area contributed by atoms with Gasteiger partial charge in [0.25, 0.3) is 0 Å².